The van der Waals surface area contributed by atoms with Crippen LogP contribution in [-0.2, 0) is 0 Å². The number of piperidine rings is 1. The Morgan fingerprint density at radius 3 is 2.95 bits per heavy atom. The minimum absolute atomic E-state index is 0.418. The van der Waals surface area contributed by atoms with Gasteiger partial charge in [-0.2, -0.15) is 4.37 Å². The summed E-state index contributed by atoms with van der Waals surface area (Å²) in [6, 6.07) is 0.767. The lowest BCUT2D eigenvalue weighted by Gasteiger charge is -2.33. The molecule has 1 fully saturated rings. The van der Waals surface area contributed by atoms with Crippen molar-refractivity contribution in [2.75, 3.05) is 25.0 Å². The van der Waals surface area contributed by atoms with E-state index in [2.05, 4.69) is 40.3 Å². The Morgan fingerprint density at radius 2 is 2.26 bits per heavy atom. The molecule has 0 amide bonds. The summed E-state index contributed by atoms with van der Waals surface area (Å²) in [5.41, 5.74) is 0. The predicted molar refractivity (Wildman–Crippen MR) is 82.0 cm³/mol. The zero-order chi connectivity index (χ0) is 13.7. The van der Waals surface area contributed by atoms with Crippen LogP contribution in [0, 0.1) is 0 Å². The van der Waals surface area contributed by atoms with Crippen LogP contribution < -0.4 is 5.32 Å². The first-order chi connectivity index (χ1) is 9.16. The van der Waals surface area contributed by atoms with Crippen LogP contribution in [0.2, 0.25) is 0 Å². The zero-order valence-corrected chi connectivity index (χ0v) is 13.2. The van der Waals surface area contributed by atoms with Crippen LogP contribution >= 0.6 is 11.5 Å². The molecule has 0 aliphatic carbocycles. The number of rotatable bonds is 6. The van der Waals surface area contributed by atoms with E-state index in [1.54, 1.807) is 0 Å². The molecule has 1 unspecified atom stereocenters. The second kappa shape index (κ2) is 7.20. The smallest absolute Gasteiger partial charge is 0.202 e. The fraction of sp³-hybridized carbons (Fsp3) is 0.857. The maximum Gasteiger partial charge on any atom is 0.202 e. The molecule has 0 saturated carbocycles. The van der Waals surface area contributed by atoms with Gasteiger partial charge in [0.1, 0.15) is 5.82 Å². The molecule has 1 aromatic heterocycles. The lowest BCUT2D eigenvalue weighted by Crippen LogP contribution is -2.38. The van der Waals surface area contributed by atoms with Crippen LogP contribution in [0.5, 0.6) is 0 Å². The first-order valence-electron chi connectivity index (χ1n) is 7.48. The molecular weight excluding hydrogens is 256 g/mol. The van der Waals surface area contributed by atoms with Gasteiger partial charge in [-0.05, 0) is 32.7 Å². The van der Waals surface area contributed by atoms with E-state index in [9.17, 15) is 0 Å². The number of nitrogens with zero attached hydrogens (tertiary/aromatic N) is 3. The Kier molecular flexibility index (Phi) is 5.58. The standard InChI is InChI=1S/C14H26N4S/c1-11(2)13-16-14(19-17-13)15-8-6-10-18-9-5-4-7-12(18)3/h11-12H,4-10H2,1-3H3,(H,15,16,17). The van der Waals surface area contributed by atoms with Crippen LogP contribution in [-0.4, -0.2) is 39.9 Å². The van der Waals surface area contributed by atoms with Gasteiger partial charge in [0.15, 0.2) is 0 Å². The molecule has 0 aromatic carbocycles. The summed E-state index contributed by atoms with van der Waals surface area (Å²) in [5.74, 6) is 1.37. The molecule has 5 heteroatoms. The van der Waals surface area contributed by atoms with E-state index in [0.717, 1.165) is 23.5 Å². The van der Waals surface area contributed by atoms with E-state index in [-0.39, 0.29) is 0 Å². The van der Waals surface area contributed by atoms with Crippen molar-refractivity contribution in [3.63, 3.8) is 0 Å². The fourth-order valence-electron chi connectivity index (χ4n) is 2.51. The second-order valence-electron chi connectivity index (χ2n) is 5.77. The van der Waals surface area contributed by atoms with Crippen molar-refractivity contribution in [3.05, 3.63) is 5.82 Å². The van der Waals surface area contributed by atoms with Crippen LogP contribution in [0.15, 0.2) is 0 Å². The number of likely N-dealkylation sites (tertiary alicyclic amines) is 1. The quantitative estimate of drug-likeness (QED) is 0.813. The Balaban J connectivity index is 1.65. The highest BCUT2D eigenvalue weighted by atomic mass is 32.1. The fourth-order valence-corrected chi connectivity index (χ4v) is 3.24. The molecule has 19 heavy (non-hydrogen) atoms. The van der Waals surface area contributed by atoms with Crippen molar-refractivity contribution in [2.24, 2.45) is 0 Å². The first-order valence-corrected chi connectivity index (χ1v) is 8.25. The Bertz CT molecular complexity index is 377. The molecule has 1 aliphatic rings. The van der Waals surface area contributed by atoms with Gasteiger partial charge in [0.05, 0.1) is 0 Å². The molecule has 1 saturated heterocycles. The SMILES string of the molecule is CC(C)c1nsc(NCCCN2CCCCC2C)n1. The Hall–Kier alpha value is -0.680. The highest BCUT2D eigenvalue weighted by Crippen LogP contribution is 2.18. The molecule has 1 aliphatic heterocycles. The first kappa shape index (κ1) is 14.7. The van der Waals surface area contributed by atoms with Crippen molar-refractivity contribution < 1.29 is 0 Å². The number of nitrogens with one attached hydrogen (secondary N) is 1. The lowest BCUT2D eigenvalue weighted by atomic mass is 10.0. The summed E-state index contributed by atoms with van der Waals surface area (Å²) in [6.07, 6.45) is 5.31. The summed E-state index contributed by atoms with van der Waals surface area (Å²) < 4.78 is 4.35. The third-order valence-electron chi connectivity index (χ3n) is 3.80. The van der Waals surface area contributed by atoms with E-state index in [1.807, 2.05) is 0 Å². The maximum atomic E-state index is 4.49. The van der Waals surface area contributed by atoms with Gasteiger partial charge in [-0.15, -0.1) is 0 Å². The molecule has 1 aromatic rings. The highest BCUT2D eigenvalue weighted by Gasteiger charge is 2.17. The van der Waals surface area contributed by atoms with Gasteiger partial charge in [0.25, 0.3) is 0 Å². The van der Waals surface area contributed by atoms with Gasteiger partial charge in [0, 0.05) is 36.6 Å². The van der Waals surface area contributed by atoms with Crippen molar-refractivity contribution in [3.8, 4) is 0 Å². The molecular formula is C14H26N4S. The third-order valence-corrected chi connectivity index (χ3v) is 4.48. The molecule has 0 bridgehead atoms. The van der Waals surface area contributed by atoms with E-state index < -0.39 is 0 Å². The summed E-state index contributed by atoms with van der Waals surface area (Å²) in [7, 11) is 0. The van der Waals surface area contributed by atoms with E-state index >= 15 is 0 Å². The molecule has 1 atom stereocenters. The predicted octanol–water partition coefficient (Wildman–Crippen LogP) is 3.34. The monoisotopic (exact) mass is 282 g/mol. The number of anilines is 1. The van der Waals surface area contributed by atoms with Gasteiger partial charge < -0.3 is 10.2 Å². The number of aromatic nitrogens is 2. The highest BCUT2D eigenvalue weighted by molar-refractivity contribution is 7.09. The Labute approximate surface area is 120 Å². The van der Waals surface area contributed by atoms with E-state index in [4.69, 9.17) is 0 Å². The topological polar surface area (TPSA) is 41.1 Å². The largest absolute Gasteiger partial charge is 0.360 e. The molecule has 4 nitrogen and oxygen atoms in total. The summed E-state index contributed by atoms with van der Waals surface area (Å²) in [4.78, 5) is 7.11. The molecule has 0 spiro atoms. The summed E-state index contributed by atoms with van der Waals surface area (Å²) >= 11 is 1.48. The van der Waals surface area contributed by atoms with Gasteiger partial charge in [-0.3, -0.25) is 0 Å². The molecule has 2 rings (SSSR count). The molecule has 1 N–H and O–H groups in total. The van der Waals surface area contributed by atoms with E-state index in [0.29, 0.717) is 5.92 Å². The van der Waals surface area contributed by atoms with Crippen LogP contribution in [0.4, 0.5) is 5.13 Å². The lowest BCUT2D eigenvalue weighted by molar-refractivity contribution is 0.160. The summed E-state index contributed by atoms with van der Waals surface area (Å²) in [5, 5.41) is 4.36. The average Bonchev–Trinajstić information content (AvgIpc) is 2.85. The molecule has 2 heterocycles. The van der Waals surface area contributed by atoms with Crippen molar-refractivity contribution in [1.82, 2.24) is 14.3 Å². The van der Waals surface area contributed by atoms with E-state index in [1.165, 1.54) is 50.3 Å². The van der Waals surface area contributed by atoms with Crippen molar-refractivity contribution in [1.29, 1.82) is 0 Å². The number of hydrogen-bond acceptors (Lipinski definition) is 5. The van der Waals surface area contributed by atoms with Crippen LogP contribution in [0.1, 0.15) is 58.2 Å². The second-order valence-corrected chi connectivity index (χ2v) is 6.53. The number of hydrogen-bond donors (Lipinski definition) is 1. The zero-order valence-electron chi connectivity index (χ0n) is 12.4. The van der Waals surface area contributed by atoms with Gasteiger partial charge >= 0.3 is 0 Å². The van der Waals surface area contributed by atoms with Crippen molar-refractivity contribution in [2.45, 2.75) is 58.4 Å². The van der Waals surface area contributed by atoms with Gasteiger partial charge in [-0.1, -0.05) is 20.3 Å². The van der Waals surface area contributed by atoms with Crippen LogP contribution in [0.25, 0.3) is 0 Å². The van der Waals surface area contributed by atoms with Crippen LogP contribution in [0.3, 0.4) is 0 Å². The summed E-state index contributed by atoms with van der Waals surface area (Å²) in [6.45, 7) is 10.1. The average molecular weight is 282 g/mol. The minimum Gasteiger partial charge on any atom is -0.360 e. The van der Waals surface area contributed by atoms with Gasteiger partial charge in [-0.25, -0.2) is 4.98 Å². The minimum atomic E-state index is 0.418. The maximum absolute atomic E-state index is 4.49. The Morgan fingerprint density at radius 1 is 1.42 bits per heavy atom. The molecule has 0 radical (unpaired) electrons. The van der Waals surface area contributed by atoms with Gasteiger partial charge in [0.2, 0.25) is 5.13 Å². The molecule has 108 valence electrons. The normalized spacial score (nSPS) is 20.9. The third kappa shape index (κ3) is 4.42. The van der Waals surface area contributed by atoms with Crippen molar-refractivity contribution >= 4 is 16.7 Å².